The topological polar surface area (TPSA) is 21.3 Å². The molecule has 1 unspecified atom stereocenters. The Balaban J connectivity index is 2.33. The highest BCUT2D eigenvalue weighted by atomic mass is 35.5. The highest BCUT2D eigenvalue weighted by Gasteiger charge is 2.18. The first-order chi connectivity index (χ1) is 7.18. The third-order valence-electron chi connectivity index (χ3n) is 2.83. The van der Waals surface area contributed by atoms with E-state index >= 15 is 0 Å². The zero-order valence-corrected chi connectivity index (χ0v) is 9.90. The number of rotatable bonds is 1. The largest absolute Gasteiger partial charge is 0.378 e. The van der Waals surface area contributed by atoms with Crippen molar-refractivity contribution in [3.63, 3.8) is 0 Å². The number of hydrogen-bond acceptors (Lipinski definition) is 2. The molecule has 1 N–H and O–H groups in total. The zero-order valence-electron chi connectivity index (χ0n) is 9.14. The van der Waals surface area contributed by atoms with Gasteiger partial charge in [-0.15, -0.1) is 0 Å². The van der Waals surface area contributed by atoms with Gasteiger partial charge in [0.05, 0.1) is 19.3 Å². The molecule has 1 aromatic carbocycles. The standard InChI is InChI=1S/C12H16ClNO/c1-8-5-10(9(2)11(13)6-8)12-7-15-4-3-14-12/h5-6,12,14H,3-4,7H2,1-2H3. The van der Waals surface area contributed by atoms with Gasteiger partial charge in [-0.3, -0.25) is 0 Å². The van der Waals surface area contributed by atoms with E-state index in [1.54, 1.807) is 0 Å². The average molecular weight is 226 g/mol. The second kappa shape index (κ2) is 4.52. The molecule has 0 spiro atoms. The van der Waals surface area contributed by atoms with E-state index in [4.69, 9.17) is 16.3 Å². The van der Waals surface area contributed by atoms with Crippen LogP contribution in [0.3, 0.4) is 0 Å². The molecule has 0 bridgehead atoms. The summed E-state index contributed by atoms with van der Waals surface area (Å²) in [5.74, 6) is 0. The van der Waals surface area contributed by atoms with Gasteiger partial charge in [0.1, 0.15) is 0 Å². The fourth-order valence-electron chi connectivity index (χ4n) is 1.97. The van der Waals surface area contributed by atoms with Crippen LogP contribution < -0.4 is 5.32 Å². The van der Waals surface area contributed by atoms with Gasteiger partial charge in [0.15, 0.2) is 0 Å². The molecule has 3 heteroatoms. The summed E-state index contributed by atoms with van der Waals surface area (Å²) >= 11 is 6.17. The van der Waals surface area contributed by atoms with Gasteiger partial charge in [0.25, 0.3) is 0 Å². The molecule has 1 aromatic rings. The van der Waals surface area contributed by atoms with Crippen LogP contribution in [-0.2, 0) is 4.74 Å². The van der Waals surface area contributed by atoms with Gasteiger partial charge in [-0.1, -0.05) is 17.7 Å². The monoisotopic (exact) mass is 225 g/mol. The summed E-state index contributed by atoms with van der Waals surface area (Å²) in [6.07, 6.45) is 0. The van der Waals surface area contributed by atoms with E-state index in [1.807, 2.05) is 6.07 Å². The summed E-state index contributed by atoms with van der Waals surface area (Å²) in [5, 5.41) is 4.29. The Hall–Kier alpha value is -0.570. The lowest BCUT2D eigenvalue weighted by molar-refractivity contribution is 0.0767. The number of nitrogens with one attached hydrogen (secondary N) is 1. The first-order valence-electron chi connectivity index (χ1n) is 5.26. The van der Waals surface area contributed by atoms with Crippen molar-refractivity contribution in [2.75, 3.05) is 19.8 Å². The fraction of sp³-hybridized carbons (Fsp3) is 0.500. The van der Waals surface area contributed by atoms with Crippen LogP contribution in [0.15, 0.2) is 12.1 Å². The quantitative estimate of drug-likeness (QED) is 0.794. The van der Waals surface area contributed by atoms with E-state index in [0.717, 1.165) is 30.3 Å². The molecule has 15 heavy (non-hydrogen) atoms. The second-order valence-electron chi connectivity index (χ2n) is 4.04. The van der Waals surface area contributed by atoms with Gasteiger partial charge in [0.2, 0.25) is 0 Å². The second-order valence-corrected chi connectivity index (χ2v) is 4.45. The molecule has 1 heterocycles. The Bertz CT molecular complexity index is 359. The van der Waals surface area contributed by atoms with E-state index in [-0.39, 0.29) is 6.04 Å². The van der Waals surface area contributed by atoms with E-state index in [1.165, 1.54) is 11.1 Å². The summed E-state index contributed by atoms with van der Waals surface area (Å²) < 4.78 is 5.47. The molecule has 0 aliphatic carbocycles. The molecule has 2 rings (SSSR count). The minimum absolute atomic E-state index is 0.288. The van der Waals surface area contributed by atoms with Gasteiger partial charge in [-0.05, 0) is 36.6 Å². The van der Waals surface area contributed by atoms with Crippen molar-refractivity contribution in [3.8, 4) is 0 Å². The van der Waals surface area contributed by atoms with Crippen molar-refractivity contribution >= 4 is 11.6 Å². The third kappa shape index (κ3) is 2.33. The SMILES string of the molecule is Cc1cc(Cl)c(C)c(C2COCCN2)c1. The number of hydrogen-bond donors (Lipinski definition) is 1. The summed E-state index contributed by atoms with van der Waals surface area (Å²) in [6.45, 7) is 6.58. The van der Waals surface area contributed by atoms with E-state index in [9.17, 15) is 0 Å². The summed E-state index contributed by atoms with van der Waals surface area (Å²) in [6, 6.07) is 4.48. The highest BCUT2D eigenvalue weighted by Crippen LogP contribution is 2.27. The molecule has 1 fully saturated rings. The summed E-state index contributed by atoms with van der Waals surface area (Å²) in [5.41, 5.74) is 3.62. The maximum absolute atomic E-state index is 6.17. The fourth-order valence-corrected chi connectivity index (χ4v) is 2.25. The maximum atomic E-state index is 6.17. The van der Waals surface area contributed by atoms with Gasteiger partial charge < -0.3 is 10.1 Å². The van der Waals surface area contributed by atoms with Crippen LogP contribution in [0.2, 0.25) is 5.02 Å². The van der Waals surface area contributed by atoms with Crippen LogP contribution in [0.4, 0.5) is 0 Å². The molecule has 0 radical (unpaired) electrons. The molecule has 1 atom stereocenters. The van der Waals surface area contributed by atoms with E-state index in [2.05, 4.69) is 25.2 Å². The first kappa shape index (κ1) is 10.9. The Morgan fingerprint density at radius 2 is 2.20 bits per heavy atom. The molecule has 1 saturated heterocycles. The van der Waals surface area contributed by atoms with Crippen molar-refractivity contribution in [2.24, 2.45) is 0 Å². The van der Waals surface area contributed by atoms with Gasteiger partial charge in [-0.2, -0.15) is 0 Å². The Morgan fingerprint density at radius 3 is 2.87 bits per heavy atom. The predicted molar refractivity (Wildman–Crippen MR) is 62.5 cm³/mol. The molecule has 0 amide bonds. The van der Waals surface area contributed by atoms with Crippen LogP contribution in [0, 0.1) is 13.8 Å². The number of aryl methyl sites for hydroxylation is 1. The lowest BCUT2D eigenvalue weighted by Gasteiger charge is -2.26. The first-order valence-corrected chi connectivity index (χ1v) is 5.64. The number of ether oxygens (including phenoxy) is 1. The van der Waals surface area contributed by atoms with Crippen LogP contribution in [0.25, 0.3) is 0 Å². The summed E-state index contributed by atoms with van der Waals surface area (Å²) in [4.78, 5) is 0. The Labute approximate surface area is 95.6 Å². The van der Waals surface area contributed by atoms with Crippen LogP contribution in [-0.4, -0.2) is 19.8 Å². The van der Waals surface area contributed by atoms with Crippen LogP contribution in [0.5, 0.6) is 0 Å². The van der Waals surface area contributed by atoms with Crippen molar-refractivity contribution in [3.05, 3.63) is 33.8 Å². The van der Waals surface area contributed by atoms with E-state index in [0.29, 0.717) is 0 Å². The lowest BCUT2D eigenvalue weighted by atomic mass is 9.99. The number of morpholine rings is 1. The zero-order chi connectivity index (χ0) is 10.8. The van der Waals surface area contributed by atoms with Crippen LogP contribution >= 0.6 is 11.6 Å². The van der Waals surface area contributed by atoms with Gasteiger partial charge in [0, 0.05) is 11.6 Å². The number of benzene rings is 1. The Kier molecular flexibility index (Phi) is 3.29. The summed E-state index contributed by atoms with van der Waals surface area (Å²) in [7, 11) is 0. The molecule has 1 aliphatic heterocycles. The predicted octanol–water partition coefficient (Wildman–Crippen LogP) is 2.62. The van der Waals surface area contributed by atoms with Crippen molar-refractivity contribution in [1.82, 2.24) is 5.32 Å². The van der Waals surface area contributed by atoms with Crippen molar-refractivity contribution in [2.45, 2.75) is 19.9 Å². The maximum Gasteiger partial charge on any atom is 0.0662 e. The minimum atomic E-state index is 0.288. The molecule has 2 nitrogen and oxygen atoms in total. The lowest BCUT2D eigenvalue weighted by Crippen LogP contribution is -2.35. The van der Waals surface area contributed by atoms with E-state index < -0.39 is 0 Å². The van der Waals surface area contributed by atoms with Gasteiger partial charge in [-0.25, -0.2) is 0 Å². The highest BCUT2D eigenvalue weighted by molar-refractivity contribution is 6.31. The molecule has 82 valence electrons. The normalized spacial score (nSPS) is 21.7. The minimum Gasteiger partial charge on any atom is -0.378 e. The van der Waals surface area contributed by atoms with Crippen LogP contribution in [0.1, 0.15) is 22.7 Å². The average Bonchev–Trinajstić information content (AvgIpc) is 2.24. The smallest absolute Gasteiger partial charge is 0.0662 e. The van der Waals surface area contributed by atoms with Crippen molar-refractivity contribution in [1.29, 1.82) is 0 Å². The third-order valence-corrected chi connectivity index (χ3v) is 3.22. The Morgan fingerprint density at radius 1 is 1.40 bits per heavy atom. The molecule has 1 aliphatic rings. The van der Waals surface area contributed by atoms with Gasteiger partial charge >= 0.3 is 0 Å². The molecular weight excluding hydrogens is 210 g/mol. The molecule has 0 aromatic heterocycles. The molecule has 0 saturated carbocycles. The molecular formula is C12H16ClNO. The van der Waals surface area contributed by atoms with Crippen molar-refractivity contribution < 1.29 is 4.74 Å². The number of halogens is 1.